The average molecular weight is 652 g/mol. The van der Waals surface area contributed by atoms with Gasteiger partial charge in [-0.15, -0.1) is 0 Å². The van der Waals surface area contributed by atoms with Gasteiger partial charge in [0.25, 0.3) is 0 Å². The van der Waals surface area contributed by atoms with Gasteiger partial charge in [-0.2, -0.15) is 0 Å². The van der Waals surface area contributed by atoms with Crippen LogP contribution in [-0.4, -0.2) is 32.3 Å². The molecule has 0 N–H and O–H groups in total. The molecule has 0 aliphatic rings. The number of rotatable bonds is 2. The largest absolute Gasteiger partial charge is 0.307 e. The average Bonchev–Trinajstić information content (AvgIpc) is 4.01. The van der Waals surface area contributed by atoms with E-state index >= 15 is 0 Å². The molecule has 51 heavy (non-hydrogen) atoms. The fourth-order valence-electron chi connectivity index (χ4n) is 9.04. The van der Waals surface area contributed by atoms with Crippen molar-refractivity contribution in [1.29, 1.82) is 0 Å². The lowest BCUT2D eigenvalue weighted by Crippen LogP contribution is -1.95. The number of hydrogen-bond acceptors (Lipinski definition) is 2. The summed E-state index contributed by atoms with van der Waals surface area (Å²) in [6.45, 7) is 0. The van der Waals surface area contributed by atoms with E-state index in [4.69, 9.17) is 9.97 Å². The second-order valence-electron chi connectivity index (χ2n) is 13.5. The summed E-state index contributed by atoms with van der Waals surface area (Å²) < 4.78 is 11.6. The summed E-state index contributed by atoms with van der Waals surface area (Å²) in [4.78, 5) is 11.0. The molecule has 0 aliphatic carbocycles. The first-order valence-electron chi connectivity index (χ1n) is 17.3. The van der Waals surface area contributed by atoms with E-state index in [1.54, 1.807) is 0 Å². The molecule has 6 heterocycles. The number of fused-ring (bicyclic) bond motifs is 16. The molecule has 6 aromatic heterocycles. The van der Waals surface area contributed by atoms with Gasteiger partial charge >= 0.3 is 0 Å². The minimum Gasteiger partial charge on any atom is -0.307 e. The number of benzene rings is 7. The molecule has 0 bridgehead atoms. The third kappa shape index (κ3) is 2.99. The zero-order chi connectivity index (χ0) is 32.9. The van der Waals surface area contributed by atoms with Crippen LogP contribution >= 0.6 is 0 Å². The molecule has 13 aromatic rings. The molecule has 236 valence electrons. The van der Waals surface area contributed by atoms with Gasteiger partial charge in [-0.3, -0.25) is 8.80 Å². The first kappa shape index (κ1) is 25.8. The molecule has 7 heteroatoms. The molecule has 13 rings (SSSR count). The summed E-state index contributed by atoms with van der Waals surface area (Å²) in [7, 11) is 0. The van der Waals surface area contributed by atoms with Crippen LogP contribution in [0.2, 0.25) is 0 Å². The normalized spacial score (nSPS) is 12.7. The number of nitrogens with zero attached hydrogens (tertiary/aromatic N) is 7. The standard InChI is InChI=1S/C44H25N7/c1-5-16-30-26(12-1)27-13-2-6-17-31(27)47(30)34-20-9-22-36-40(34)45-43-49(36)38-24-11-25-39-42(38)51(43)44-46-41-35(21-10-23-37(41)50(39)44)48-32-18-7-3-14-28(32)29-15-4-8-19-33(29)48/h1-25H. The Morgan fingerprint density at radius 2 is 0.627 bits per heavy atom. The van der Waals surface area contributed by atoms with Crippen LogP contribution < -0.4 is 0 Å². The van der Waals surface area contributed by atoms with Gasteiger partial charge in [-0.05, 0) is 60.7 Å². The summed E-state index contributed by atoms with van der Waals surface area (Å²) in [5.41, 5.74) is 14.2. The monoisotopic (exact) mass is 651 g/mol. The minimum atomic E-state index is 0.855. The summed E-state index contributed by atoms with van der Waals surface area (Å²) in [6.07, 6.45) is 0. The fourth-order valence-corrected chi connectivity index (χ4v) is 9.04. The van der Waals surface area contributed by atoms with Crippen molar-refractivity contribution < 1.29 is 0 Å². The predicted octanol–water partition coefficient (Wildman–Crippen LogP) is 10.3. The molecule has 7 aromatic carbocycles. The number of para-hydroxylation sites is 7. The van der Waals surface area contributed by atoms with E-state index in [0.29, 0.717) is 0 Å². The lowest BCUT2D eigenvalue weighted by molar-refractivity contribution is 1.14. The SMILES string of the molecule is c1ccc2c(c1)c1ccccc1n2-c1cccc2c1nc1n2c2cccc3c2n1c1nc2c(-n4c5ccccc5c5ccccc54)cccc2n31. The van der Waals surface area contributed by atoms with E-state index in [-0.39, 0.29) is 0 Å². The topological polar surface area (TPSA) is 48.9 Å². The summed E-state index contributed by atoms with van der Waals surface area (Å²) in [5, 5.41) is 4.94. The maximum Gasteiger partial charge on any atom is 0.223 e. The van der Waals surface area contributed by atoms with E-state index in [0.717, 1.165) is 61.5 Å². The molecular weight excluding hydrogens is 627 g/mol. The quantitative estimate of drug-likeness (QED) is 0.187. The highest BCUT2D eigenvalue weighted by Crippen LogP contribution is 2.40. The van der Waals surface area contributed by atoms with Crippen LogP contribution in [0.25, 0.3) is 105 Å². The molecule has 0 saturated heterocycles. The molecule has 0 aliphatic heterocycles. The van der Waals surface area contributed by atoms with Crippen molar-refractivity contribution in [2.75, 3.05) is 0 Å². The molecule has 7 nitrogen and oxygen atoms in total. The molecule has 0 atom stereocenters. The van der Waals surface area contributed by atoms with Crippen LogP contribution in [0.15, 0.2) is 152 Å². The number of aromatic nitrogens is 7. The van der Waals surface area contributed by atoms with Gasteiger partial charge < -0.3 is 9.13 Å². The second kappa shape index (κ2) is 8.91. The highest BCUT2D eigenvalue weighted by molar-refractivity contribution is 6.12. The Kier molecular flexibility index (Phi) is 4.51. The van der Waals surface area contributed by atoms with E-state index < -0.39 is 0 Å². The third-order valence-corrected chi connectivity index (χ3v) is 11.0. The lowest BCUT2D eigenvalue weighted by Gasteiger charge is -2.09. The Labute approximate surface area is 288 Å². The van der Waals surface area contributed by atoms with Gasteiger partial charge in [0.1, 0.15) is 16.6 Å². The summed E-state index contributed by atoms with van der Waals surface area (Å²) in [6, 6.07) is 54.2. The Bertz CT molecular complexity index is 3260. The summed E-state index contributed by atoms with van der Waals surface area (Å²) >= 11 is 0. The van der Waals surface area contributed by atoms with Gasteiger partial charge in [0.15, 0.2) is 0 Å². The molecule has 0 spiro atoms. The van der Waals surface area contributed by atoms with Crippen molar-refractivity contribution >= 4 is 93.8 Å². The van der Waals surface area contributed by atoms with Crippen LogP contribution in [-0.2, 0) is 0 Å². The Hall–Kier alpha value is -7.12. The van der Waals surface area contributed by atoms with E-state index in [1.165, 1.54) is 43.6 Å². The van der Waals surface area contributed by atoms with Gasteiger partial charge in [-0.1, -0.05) is 91.0 Å². The van der Waals surface area contributed by atoms with Crippen molar-refractivity contribution in [3.05, 3.63) is 152 Å². The molecule has 0 saturated carbocycles. The molecule has 0 fully saturated rings. The number of imidazole rings is 4. The van der Waals surface area contributed by atoms with E-state index in [9.17, 15) is 0 Å². The zero-order valence-electron chi connectivity index (χ0n) is 27.1. The van der Waals surface area contributed by atoms with Crippen molar-refractivity contribution in [2.24, 2.45) is 0 Å². The van der Waals surface area contributed by atoms with Gasteiger partial charge in [0, 0.05) is 21.5 Å². The fraction of sp³-hybridized carbons (Fsp3) is 0. The molecule has 0 amide bonds. The van der Waals surface area contributed by atoms with Gasteiger partial charge in [0.2, 0.25) is 11.6 Å². The molecular formula is C44H25N7. The minimum absolute atomic E-state index is 0.855. The van der Waals surface area contributed by atoms with Crippen LogP contribution in [0, 0.1) is 0 Å². The maximum absolute atomic E-state index is 5.50. The lowest BCUT2D eigenvalue weighted by atomic mass is 10.2. The van der Waals surface area contributed by atoms with Crippen LogP contribution in [0.5, 0.6) is 0 Å². The van der Waals surface area contributed by atoms with Crippen molar-refractivity contribution in [2.45, 2.75) is 0 Å². The van der Waals surface area contributed by atoms with Gasteiger partial charge in [-0.25, -0.2) is 14.4 Å². The highest BCUT2D eigenvalue weighted by atomic mass is 15.3. The van der Waals surface area contributed by atoms with Crippen LogP contribution in [0.3, 0.4) is 0 Å². The van der Waals surface area contributed by atoms with Crippen molar-refractivity contribution in [3.63, 3.8) is 0 Å². The van der Waals surface area contributed by atoms with Crippen molar-refractivity contribution in [1.82, 2.24) is 32.3 Å². The van der Waals surface area contributed by atoms with Gasteiger partial charge in [0.05, 0.1) is 55.5 Å². The first-order valence-corrected chi connectivity index (χ1v) is 17.3. The van der Waals surface area contributed by atoms with E-state index in [2.05, 4.69) is 174 Å². The Morgan fingerprint density at radius 1 is 0.294 bits per heavy atom. The highest BCUT2D eigenvalue weighted by Gasteiger charge is 2.26. The zero-order valence-corrected chi connectivity index (χ0v) is 27.1. The van der Waals surface area contributed by atoms with Crippen LogP contribution in [0.4, 0.5) is 0 Å². The molecule has 0 unspecified atom stereocenters. The van der Waals surface area contributed by atoms with E-state index in [1.807, 2.05) is 0 Å². The maximum atomic E-state index is 5.50. The van der Waals surface area contributed by atoms with Crippen molar-refractivity contribution in [3.8, 4) is 11.4 Å². The Balaban J connectivity index is 1.16. The van der Waals surface area contributed by atoms with Crippen LogP contribution in [0.1, 0.15) is 0 Å². The predicted molar refractivity (Wildman–Crippen MR) is 207 cm³/mol. The summed E-state index contributed by atoms with van der Waals surface area (Å²) in [5.74, 6) is 1.71. The smallest absolute Gasteiger partial charge is 0.223 e. The Morgan fingerprint density at radius 3 is 1.04 bits per heavy atom. The third-order valence-electron chi connectivity index (χ3n) is 11.0. The molecule has 0 radical (unpaired) electrons. The second-order valence-corrected chi connectivity index (χ2v) is 13.5. The number of hydrogen-bond donors (Lipinski definition) is 0. The first-order chi connectivity index (χ1) is 25.3.